The maximum atomic E-state index is 4.18. The molecule has 1 aromatic heterocycles. The number of aryl methyl sites for hydroxylation is 1. The van der Waals surface area contributed by atoms with Gasteiger partial charge in [-0.3, -0.25) is 9.98 Å². The van der Waals surface area contributed by atoms with Crippen molar-refractivity contribution in [1.29, 1.82) is 0 Å². The van der Waals surface area contributed by atoms with Gasteiger partial charge >= 0.3 is 0 Å². The van der Waals surface area contributed by atoms with Crippen molar-refractivity contribution in [2.45, 2.75) is 19.8 Å². The topological polar surface area (TPSA) is 25.2 Å². The summed E-state index contributed by atoms with van der Waals surface area (Å²) in [6.07, 6.45) is 13.6. The number of nitrogens with zero attached hydrogens (tertiary/aromatic N) is 2. The number of aliphatic imine (C=N–C) groups is 1. The van der Waals surface area contributed by atoms with Crippen LogP contribution in [0.2, 0.25) is 0 Å². The van der Waals surface area contributed by atoms with Gasteiger partial charge in [-0.2, -0.15) is 0 Å². The van der Waals surface area contributed by atoms with Crippen LogP contribution in [0.25, 0.3) is 16.7 Å². The van der Waals surface area contributed by atoms with Crippen LogP contribution in [0, 0.1) is 0 Å². The summed E-state index contributed by atoms with van der Waals surface area (Å²) < 4.78 is 0. The van der Waals surface area contributed by atoms with Gasteiger partial charge in [-0.25, -0.2) is 0 Å². The van der Waals surface area contributed by atoms with Crippen molar-refractivity contribution < 1.29 is 0 Å². The largest absolute Gasteiger partial charge is 0.265 e. The number of hydrogen-bond acceptors (Lipinski definition) is 2. The molecule has 21 heavy (non-hydrogen) atoms. The highest BCUT2D eigenvalue weighted by atomic mass is 14.7. The van der Waals surface area contributed by atoms with E-state index in [0.29, 0.717) is 0 Å². The molecule has 0 unspecified atom stereocenters. The van der Waals surface area contributed by atoms with Crippen LogP contribution >= 0.6 is 0 Å². The average molecular weight is 274 g/mol. The van der Waals surface area contributed by atoms with Gasteiger partial charge in [-0.1, -0.05) is 25.1 Å². The quantitative estimate of drug-likeness (QED) is 0.797. The molecule has 1 aromatic carbocycles. The van der Waals surface area contributed by atoms with E-state index in [9.17, 15) is 0 Å². The van der Waals surface area contributed by atoms with Crippen molar-refractivity contribution in [2.75, 3.05) is 0 Å². The van der Waals surface area contributed by atoms with Gasteiger partial charge in [-0.05, 0) is 64.9 Å². The zero-order chi connectivity index (χ0) is 14.5. The van der Waals surface area contributed by atoms with E-state index in [4.69, 9.17) is 0 Å². The number of benzene rings is 1. The fraction of sp³-hybridized carbons (Fsp3) is 0.158. The molecule has 2 nitrogen and oxygen atoms in total. The third-order valence-corrected chi connectivity index (χ3v) is 3.68. The second kappa shape index (κ2) is 6.31. The predicted molar refractivity (Wildman–Crippen MR) is 89.3 cm³/mol. The van der Waals surface area contributed by atoms with E-state index in [-0.39, 0.29) is 0 Å². The Morgan fingerprint density at radius 3 is 2.62 bits per heavy atom. The number of pyridine rings is 1. The first-order valence-corrected chi connectivity index (χ1v) is 7.29. The van der Waals surface area contributed by atoms with E-state index in [0.717, 1.165) is 12.8 Å². The molecule has 2 aromatic rings. The number of rotatable bonds is 3. The van der Waals surface area contributed by atoms with Crippen LogP contribution in [0.3, 0.4) is 0 Å². The van der Waals surface area contributed by atoms with E-state index < -0.39 is 0 Å². The highest BCUT2D eigenvalue weighted by Crippen LogP contribution is 2.28. The normalized spacial score (nSPS) is 13.9. The van der Waals surface area contributed by atoms with E-state index >= 15 is 0 Å². The molecule has 1 aliphatic rings. The molecule has 2 heteroatoms. The highest BCUT2D eigenvalue weighted by molar-refractivity contribution is 5.87. The van der Waals surface area contributed by atoms with Crippen molar-refractivity contribution in [3.63, 3.8) is 0 Å². The summed E-state index contributed by atoms with van der Waals surface area (Å²) in [6, 6.07) is 10.9. The standard InChI is InChI=1S/C19H18N2/c1-2-15-12-18(16-4-3-8-20-9-5-16)14-19(13-15)17-6-10-21-11-7-17/h3,5-14H,2,4H2,1H3. The molecule has 0 spiro atoms. The smallest absolute Gasteiger partial charge is 0.0273 e. The number of aromatic nitrogens is 1. The van der Waals surface area contributed by atoms with Crippen LogP contribution in [0.1, 0.15) is 24.5 Å². The van der Waals surface area contributed by atoms with Gasteiger partial charge in [0, 0.05) is 24.8 Å². The lowest BCUT2D eigenvalue weighted by Gasteiger charge is -2.11. The van der Waals surface area contributed by atoms with Gasteiger partial charge in [0.1, 0.15) is 0 Å². The molecular formula is C19H18N2. The Bertz CT molecular complexity index is 710. The Labute approximate surface area is 125 Å². The van der Waals surface area contributed by atoms with Gasteiger partial charge in [0.15, 0.2) is 0 Å². The lowest BCUT2D eigenvalue weighted by Crippen LogP contribution is -1.91. The molecule has 0 amide bonds. The lowest BCUT2D eigenvalue weighted by molar-refractivity contribution is 1.14. The second-order valence-electron chi connectivity index (χ2n) is 5.09. The zero-order valence-electron chi connectivity index (χ0n) is 12.2. The van der Waals surface area contributed by atoms with E-state index in [1.165, 1.54) is 27.8 Å². The summed E-state index contributed by atoms with van der Waals surface area (Å²) in [5.74, 6) is 0. The molecule has 2 heterocycles. The molecule has 0 atom stereocenters. The molecule has 0 fully saturated rings. The van der Waals surface area contributed by atoms with Crippen molar-refractivity contribution in [3.8, 4) is 11.1 Å². The molecule has 0 bridgehead atoms. The van der Waals surface area contributed by atoms with Crippen LogP contribution in [0.5, 0.6) is 0 Å². The molecule has 1 aliphatic heterocycles. The molecule has 0 radical (unpaired) electrons. The first kappa shape index (κ1) is 13.5. The SMILES string of the molecule is CCc1cc(C2=CC=NC=CC2)cc(-c2ccncc2)c1. The third-order valence-electron chi connectivity index (χ3n) is 3.68. The minimum atomic E-state index is 0.920. The van der Waals surface area contributed by atoms with Crippen molar-refractivity contribution >= 4 is 11.8 Å². The Kier molecular flexibility index (Phi) is 4.06. The Morgan fingerprint density at radius 2 is 1.81 bits per heavy atom. The Morgan fingerprint density at radius 1 is 1.00 bits per heavy atom. The van der Waals surface area contributed by atoms with Crippen molar-refractivity contribution in [1.82, 2.24) is 4.98 Å². The lowest BCUT2D eigenvalue weighted by atomic mass is 9.94. The monoisotopic (exact) mass is 274 g/mol. The Hall–Kier alpha value is -2.48. The van der Waals surface area contributed by atoms with Crippen LogP contribution in [-0.4, -0.2) is 11.2 Å². The van der Waals surface area contributed by atoms with Crippen molar-refractivity contribution in [2.24, 2.45) is 4.99 Å². The summed E-state index contributed by atoms with van der Waals surface area (Å²) in [5, 5.41) is 0. The maximum absolute atomic E-state index is 4.18. The number of hydrogen-bond donors (Lipinski definition) is 0. The molecule has 3 rings (SSSR count). The van der Waals surface area contributed by atoms with Gasteiger partial charge in [-0.15, -0.1) is 0 Å². The van der Waals surface area contributed by atoms with Gasteiger partial charge in [0.2, 0.25) is 0 Å². The summed E-state index contributed by atoms with van der Waals surface area (Å²) in [5.41, 5.74) is 6.39. The highest BCUT2D eigenvalue weighted by Gasteiger charge is 2.06. The molecule has 0 aliphatic carbocycles. The average Bonchev–Trinajstić information content (AvgIpc) is 2.84. The van der Waals surface area contributed by atoms with Gasteiger partial charge in [0.05, 0.1) is 0 Å². The van der Waals surface area contributed by atoms with Crippen LogP contribution < -0.4 is 0 Å². The fourth-order valence-electron chi connectivity index (χ4n) is 2.50. The number of allylic oxidation sites excluding steroid dienone is 3. The van der Waals surface area contributed by atoms with E-state index in [1.807, 2.05) is 24.8 Å². The van der Waals surface area contributed by atoms with E-state index in [1.54, 1.807) is 0 Å². The summed E-state index contributed by atoms with van der Waals surface area (Å²) >= 11 is 0. The molecule has 0 saturated heterocycles. The third kappa shape index (κ3) is 3.16. The minimum absolute atomic E-state index is 0.920. The van der Waals surface area contributed by atoms with Gasteiger partial charge in [0.25, 0.3) is 0 Å². The molecule has 104 valence electrons. The molecule has 0 saturated carbocycles. The van der Waals surface area contributed by atoms with Crippen LogP contribution in [0.15, 0.2) is 66.1 Å². The summed E-state index contributed by atoms with van der Waals surface area (Å²) in [6.45, 7) is 2.19. The van der Waals surface area contributed by atoms with Gasteiger partial charge < -0.3 is 0 Å². The van der Waals surface area contributed by atoms with E-state index in [2.05, 4.69) is 59.4 Å². The molecular weight excluding hydrogens is 256 g/mol. The maximum Gasteiger partial charge on any atom is 0.0273 e. The molecule has 0 N–H and O–H groups in total. The minimum Gasteiger partial charge on any atom is -0.265 e. The fourth-order valence-corrected chi connectivity index (χ4v) is 2.50. The van der Waals surface area contributed by atoms with Crippen LogP contribution in [-0.2, 0) is 6.42 Å². The van der Waals surface area contributed by atoms with Crippen molar-refractivity contribution in [3.05, 3.63) is 72.2 Å². The summed E-state index contributed by atoms with van der Waals surface area (Å²) in [7, 11) is 0. The Balaban J connectivity index is 2.07. The first-order chi connectivity index (χ1) is 10.4. The summed E-state index contributed by atoms with van der Waals surface area (Å²) in [4.78, 5) is 8.28. The second-order valence-corrected chi connectivity index (χ2v) is 5.09. The zero-order valence-corrected chi connectivity index (χ0v) is 12.2. The first-order valence-electron chi connectivity index (χ1n) is 7.29. The van der Waals surface area contributed by atoms with Crippen LogP contribution in [0.4, 0.5) is 0 Å². The predicted octanol–water partition coefficient (Wildman–Crippen LogP) is 4.68.